The number of aliphatic hydroxyl groups excluding tert-OH is 1. The molecule has 0 fully saturated rings. The number of hydrogen-bond donors (Lipinski definition) is 1. The number of aryl methyl sites for hydroxylation is 1. The minimum Gasteiger partial charge on any atom is -0.508 e. The van der Waals surface area contributed by atoms with Crippen molar-refractivity contribution in [2.45, 2.75) is 45.8 Å². The topological polar surface area (TPSA) is 46.5 Å². The number of carbonyl (C=O) groups is 1. The molecule has 5 heteroatoms. The van der Waals surface area contributed by atoms with Crippen molar-refractivity contribution in [3.8, 4) is 10.4 Å². The molecule has 0 saturated carbocycles. The van der Waals surface area contributed by atoms with Crippen LogP contribution in [0.5, 0.6) is 0 Å². The van der Waals surface area contributed by atoms with Gasteiger partial charge in [0.2, 0.25) is 0 Å². The van der Waals surface area contributed by atoms with E-state index in [9.17, 15) is 9.90 Å². The van der Waals surface area contributed by atoms with Crippen LogP contribution < -0.4 is 0 Å². The number of rotatable bonds is 2. The van der Waals surface area contributed by atoms with Crippen LogP contribution in [0, 0.1) is 6.92 Å². The molecular formula is C20H21ClO3S. The first-order valence-electron chi connectivity index (χ1n) is 8.08. The molecule has 132 valence electrons. The number of ether oxygens (including phenoxy) is 1. The summed E-state index contributed by atoms with van der Waals surface area (Å²) in [7, 11) is 0. The predicted octanol–water partition coefficient (Wildman–Crippen LogP) is 5.80. The van der Waals surface area contributed by atoms with Crippen LogP contribution in [0.25, 0.3) is 16.0 Å². The van der Waals surface area contributed by atoms with Crippen molar-refractivity contribution in [3.63, 3.8) is 0 Å². The fraction of sp³-hybridized carbons (Fsp3) is 0.350. The van der Waals surface area contributed by atoms with Crippen LogP contribution in [0.4, 0.5) is 0 Å². The fourth-order valence-electron chi connectivity index (χ4n) is 3.21. The molecule has 0 unspecified atom stereocenters. The second kappa shape index (κ2) is 5.97. The molecule has 0 amide bonds. The Morgan fingerprint density at radius 1 is 1.08 bits per heavy atom. The first-order chi connectivity index (χ1) is 11.5. The minimum atomic E-state index is -1.00. The Bertz CT molecular complexity index is 890. The SMILES string of the molecule is Cc1ccc(-c2ccc(Cl)s2)cc1C1=C(O)C(C)(C)OC(C)(C)C1=O. The summed E-state index contributed by atoms with van der Waals surface area (Å²) in [6.07, 6.45) is 0. The number of aliphatic hydroxyl groups is 1. The summed E-state index contributed by atoms with van der Waals surface area (Å²) in [6, 6.07) is 9.71. The molecule has 2 heterocycles. The summed E-state index contributed by atoms with van der Waals surface area (Å²) in [4.78, 5) is 14.0. The third kappa shape index (κ3) is 3.14. The predicted molar refractivity (Wildman–Crippen MR) is 103 cm³/mol. The van der Waals surface area contributed by atoms with Gasteiger partial charge in [0.15, 0.2) is 5.78 Å². The van der Waals surface area contributed by atoms with E-state index in [0.717, 1.165) is 21.6 Å². The fourth-order valence-corrected chi connectivity index (χ4v) is 4.25. The van der Waals surface area contributed by atoms with Crippen LogP contribution in [0.3, 0.4) is 0 Å². The Labute approximate surface area is 156 Å². The molecule has 0 saturated heterocycles. The van der Waals surface area contributed by atoms with Crippen LogP contribution >= 0.6 is 22.9 Å². The van der Waals surface area contributed by atoms with E-state index in [1.54, 1.807) is 27.7 Å². The summed E-state index contributed by atoms with van der Waals surface area (Å²) in [5.41, 5.74) is 1.03. The summed E-state index contributed by atoms with van der Waals surface area (Å²) in [5.74, 6) is -0.241. The standard InChI is InChI=1S/C20H21ClO3S/c1-11-6-7-12(14-8-9-15(21)25-14)10-13(11)16-17(22)19(2,3)24-20(4,5)18(16)23/h6-10,22H,1-5H3. The van der Waals surface area contributed by atoms with Crippen LogP contribution in [0.1, 0.15) is 38.8 Å². The molecule has 2 aromatic rings. The number of hydrogen-bond acceptors (Lipinski definition) is 4. The van der Waals surface area contributed by atoms with Crippen molar-refractivity contribution >= 4 is 34.3 Å². The zero-order valence-electron chi connectivity index (χ0n) is 14.9. The zero-order valence-corrected chi connectivity index (χ0v) is 16.5. The molecule has 0 radical (unpaired) electrons. The van der Waals surface area contributed by atoms with Crippen molar-refractivity contribution in [2.75, 3.05) is 0 Å². The van der Waals surface area contributed by atoms with Gasteiger partial charge in [-0.05, 0) is 69.5 Å². The lowest BCUT2D eigenvalue weighted by Crippen LogP contribution is -2.49. The maximum atomic E-state index is 13.0. The molecule has 3 rings (SSSR count). The van der Waals surface area contributed by atoms with Gasteiger partial charge in [-0.3, -0.25) is 4.79 Å². The monoisotopic (exact) mass is 376 g/mol. The average Bonchev–Trinajstić information content (AvgIpc) is 2.93. The summed E-state index contributed by atoms with van der Waals surface area (Å²) >= 11 is 7.53. The van der Waals surface area contributed by atoms with Crippen LogP contribution in [0.15, 0.2) is 36.1 Å². The molecule has 1 N–H and O–H groups in total. The van der Waals surface area contributed by atoms with Crippen LogP contribution in [0.2, 0.25) is 4.34 Å². The van der Waals surface area contributed by atoms with Gasteiger partial charge in [-0.1, -0.05) is 23.7 Å². The van der Waals surface area contributed by atoms with Crippen LogP contribution in [-0.2, 0) is 9.53 Å². The number of benzene rings is 1. The zero-order chi connectivity index (χ0) is 18.6. The average molecular weight is 377 g/mol. The molecule has 0 atom stereocenters. The highest BCUT2D eigenvalue weighted by molar-refractivity contribution is 7.19. The van der Waals surface area contributed by atoms with Gasteiger partial charge in [-0.25, -0.2) is 0 Å². The molecule has 25 heavy (non-hydrogen) atoms. The lowest BCUT2D eigenvalue weighted by Gasteiger charge is -2.40. The van der Waals surface area contributed by atoms with E-state index in [0.29, 0.717) is 9.91 Å². The lowest BCUT2D eigenvalue weighted by molar-refractivity contribution is -0.158. The summed E-state index contributed by atoms with van der Waals surface area (Å²) in [5, 5.41) is 10.8. The van der Waals surface area contributed by atoms with E-state index in [1.165, 1.54) is 11.3 Å². The van der Waals surface area contributed by atoms with Gasteiger partial charge in [-0.15, -0.1) is 11.3 Å². The normalized spacial score (nSPS) is 19.4. The highest BCUT2D eigenvalue weighted by Gasteiger charge is 2.47. The van der Waals surface area contributed by atoms with E-state index in [4.69, 9.17) is 16.3 Å². The number of halogens is 1. The molecule has 0 bridgehead atoms. The number of carbonyl (C=O) groups excluding carboxylic acids is 1. The summed E-state index contributed by atoms with van der Waals surface area (Å²) < 4.78 is 6.53. The molecule has 0 spiro atoms. The number of ketones is 1. The minimum absolute atomic E-state index is 0.0266. The Morgan fingerprint density at radius 3 is 2.36 bits per heavy atom. The van der Waals surface area contributed by atoms with Gasteiger partial charge in [0, 0.05) is 4.88 Å². The van der Waals surface area contributed by atoms with E-state index in [1.807, 2.05) is 37.3 Å². The Kier molecular flexibility index (Phi) is 4.34. The van der Waals surface area contributed by atoms with E-state index >= 15 is 0 Å². The van der Waals surface area contributed by atoms with E-state index < -0.39 is 11.2 Å². The van der Waals surface area contributed by atoms with E-state index in [-0.39, 0.29) is 11.5 Å². The number of thiophene rings is 1. The molecule has 1 aromatic heterocycles. The number of Topliss-reactive ketones (excluding diaryl/α,β-unsaturated/α-hetero) is 1. The highest BCUT2D eigenvalue weighted by atomic mass is 35.5. The van der Waals surface area contributed by atoms with Gasteiger partial charge in [0.05, 0.1) is 9.91 Å². The highest BCUT2D eigenvalue weighted by Crippen LogP contribution is 2.42. The van der Waals surface area contributed by atoms with Gasteiger partial charge < -0.3 is 9.84 Å². The maximum Gasteiger partial charge on any atom is 0.198 e. The largest absolute Gasteiger partial charge is 0.508 e. The van der Waals surface area contributed by atoms with Crippen molar-refractivity contribution in [1.82, 2.24) is 0 Å². The molecule has 1 aliphatic rings. The van der Waals surface area contributed by atoms with Crippen molar-refractivity contribution in [3.05, 3.63) is 51.6 Å². The molecule has 0 aliphatic carbocycles. The molecule has 3 nitrogen and oxygen atoms in total. The van der Waals surface area contributed by atoms with E-state index in [2.05, 4.69) is 0 Å². The van der Waals surface area contributed by atoms with Crippen molar-refractivity contribution in [1.29, 1.82) is 0 Å². The summed E-state index contributed by atoms with van der Waals surface area (Å²) in [6.45, 7) is 8.95. The quantitative estimate of drug-likeness (QED) is 0.720. The maximum absolute atomic E-state index is 13.0. The van der Waals surface area contributed by atoms with Gasteiger partial charge >= 0.3 is 0 Å². The van der Waals surface area contributed by atoms with Crippen molar-refractivity contribution < 1.29 is 14.6 Å². The van der Waals surface area contributed by atoms with Gasteiger partial charge in [-0.2, -0.15) is 0 Å². The Hall–Kier alpha value is -1.62. The van der Waals surface area contributed by atoms with Crippen LogP contribution in [-0.4, -0.2) is 22.1 Å². The third-order valence-corrected chi connectivity index (χ3v) is 5.74. The second-order valence-electron chi connectivity index (χ2n) is 7.31. The van der Waals surface area contributed by atoms with Gasteiger partial charge in [0.25, 0.3) is 0 Å². The molecule has 1 aromatic carbocycles. The molecule has 1 aliphatic heterocycles. The van der Waals surface area contributed by atoms with Gasteiger partial charge in [0.1, 0.15) is 17.0 Å². The first kappa shape index (κ1) is 18.2. The molecular weight excluding hydrogens is 356 g/mol. The third-order valence-electron chi connectivity index (χ3n) is 4.46. The lowest BCUT2D eigenvalue weighted by atomic mass is 9.81. The Morgan fingerprint density at radius 2 is 1.76 bits per heavy atom. The van der Waals surface area contributed by atoms with Crippen molar-refractivity contribution in [2.24, 2.45) is 0 Å². The smallest absolute Gasteiger partial charge is 0.198 e. The first-order valence-corrected chi connectivity index (χ1v) is 9.28. The Balaban J connectivity index is 2.22. The second-order valence-corrected chi connectivity index (χ2v) is 9.02.